The highest BCUT2D eigenvalue weighted by Crippen LogP contribution is 2.36. The lowest BCUT2D eigenvalue weighted by Crippen LogP contribution is -2.35. The van der Waals surface area contributed by atoms with Crippen LogP contribution in [-0.4, -0.2) is 30.6 Å². The number of hydrogen-bond acceptors (Lipinski definition) is 5. The third-order valence-corrected chi connectivity index (χ3v) is 5.32. The maximum absolute atomic E-state index is 12.5. The van der Waals surface area contributed by atoms with Crippen LogP contribution in [0.1, 0.15) is 35.3 Å². The topological polar surface area (TPSA) is 68.5 Å². The van der Waals surface area contributed by atoms with E-state index in [1.165, 1.54) is 0 Å². The molecule has 0 saturated heterocycles. The Morgan fingerprint density at radius 2 is 2.41 bits per heavy atom. The Kier molecular flexibility index (Phi) is 4.25. The van der Waals surface area contributed by atoms with Gasteiger partial charge < -0.3 is 10.2 Å². The molecule has 1 amide bonds. The van der Waals surface area contributed by atoms with Crippen LogP contribution >= 0.6 is 11.3 Å². The van der Waals surface area contributed by atoms with E-state index in [1.54, 1.807) is 11.3 Å². The van der Waals surface area contributed by atoms with Crippen LogP contribution in [0, 0.1) is 11.3 Å². The first-order valence-corrected chi connectivity index (χ1v) is 8.24. The van der Waals surface area contributed by atoms with Crippen molar-refractivity contribution in [1.29, 1.82) is 5.26 Å². The SMILES string of the molecule is CNc1sc2c(c1C#N)CCN(C(=O)CC1=CN=CCC1)C2. The van der Waals surface area contributed by atoms with Crippen LogP contribution in [0.4, 0.5) is 5.00 Å². The van der Waals surface area contributed by atoms with Gasteiger partial charge in [-0.05, 0) is 30.4 Å². The summed E-state index contributed by atoms with van der Waals surface area (Å²) in [6.07, 6.45) is 6.77. The van der Waals surface area contributed by atoms with Crippen LogP contribution in [-0.2, 0) is 17.8 Å². The van der Waals surface area contributed by atoms with Crippen molar-refractivity contribution in [2.45, 2.75) is 32.2 Å². The number of hydrogen-bond donors (Lipinski definition) is 1. The Labute approximate surface area is 134 Å². The Bertz CT molecular complexity index is 696. The third-order valence-electron chi connectivity index (χ3n) is 4.08. The van der Waals surface area contributed by atoms with E-state index in [4.69, 9.17) is 0 Å². The van der Waals surface area contributed by atoms with E-state index in [-0.39, 0.29) is 5.91 Å². The van der Waals surface area contributed by atoms with Crippen molar-refractivity contribution >= 4 is 28.5 Å². The zero-order valence-electron chi connectivity index (χ0n) is 12.6. The average Bonchev–Trinajstić information content (AvgIpc) is 2.92. The van der Waals surface area contributed by atoms with Crippen molar-refractivity contribution in [2.24, 2.45) is 4.99 Å². The molecule has 1 aromatic heterocycles. The summed E-state index contributed by atoms with van der Waals surface area (Å²) in [5.41, 5.74) is 2.97. The summed E-state index contributed by atoms with van der Waals surface area (Å²) in [4.78, 5) is 19.6. The largest absolute Gasteiger partial charge is 0.379 e. The summed E-state index contributed by atoms with van der Waals surface area (Å²) >= 11 is 1.59. The lowest BCUT2D eigenvalue weighted by atomic mass is 10.0. The van der Waals surface area contributed by atoms with Crippen LogP contribution in [0.15, 0.2) is 16.8 Å². The minimum absolute atomic E-state index is 0.159. The van der Waals surface area contributed by atoms with Gasteiger partial charge in [0.25, 0.3) is 0 Å². The smallest absolute Gasteiger partial charge is 0.227 e. The molecule has 1 aromatic rings. The second-order valence-corrected chi connectivity index (χ2v) is 6.57. The van der Waals surface area contributed by atoms with E-state index in [1.807, 2.05) is 24.4 Å². The molecule has 2 aliphatic rings. The average molecular weight is 314 g/mol. The molecule has 6 heteroatoms. The number of anilines is 1. The van der Waals surface area contributed by atoms with Gasteiger partial charge in [0.1, 0.15) is 11.1 Å². The maximum Gasteiger partial charge on any atom is 0.227 e. The van der Waals surface area contributed by atoms with E-state index in [9.17, 15) is 10.1 Å². The number of nitrogens with zero attached hydrogens (tertiary/aromatic N) is 3. The number of carbonyl (C=O) groups is 1. The van der Waals surface area contributed by atoms with Gasteiger partial charge in [-0.15, -0.1) is 11.3 Å². The van der Waals surface area contributed by atoms with E-state index in [0.29, 0.717) is 19.5 Å². The molecule has 1 N–H and O–H groups in total. The van der Waals surface area contributed by atoms with Crippen LogP contribution in [0.3, 0.4) is 0 Å². The number of carbonyl (C=O) groups excluding carboxylic acids is 1. The van der Waals surface area contributed by atoms with Crippen LogP contribution in [0.5, 0.6) is 0 Å². The zero-order chi connectivity index (χ0) is 15.5. The molecule has 0 bridgehead atoms. The predicted octanol–water partition coefficient (Wildman–Crippen LogP) is 2.68. The summed E-state index contributed by atoms with van der Waals surface area (Å²) in [6.45, 7) is 1.31. The van der Waals surface area contributed by atoms with Gasteiger partial charge in [0, 0.05) is 37.3 Å². The highest BCUT2D eigenvalue weighted by Gasteiger charge is 2.26. The van der Waals surface area contributed by atoms with Gasteiger partial charge in [-0.1, -0.05) is 0 Å². The molecular weight excluding hydrogens is 296 g/mol. The lowest BCUT2D eigenvalue weighted by Gasteiger charge is -2.27. The molecule has 22 heavy (non-hydrogen) atoms. The number of nitrogens with one attached hydrogen (secondary N) is 1. The highest BCUT2D eigenvalue weighted by atomic mass is 32.1. The third kappa shape index (κ3) is 2.77. The van der Waals surface area contributed by atoms with Crippen molar-refractivity contribution in [3.05, 3.63) is 27.8 Å². The summed E-state index contributed by atoms with van der Waals surface area (Å²) in [5.74, 6) is 0.159. The number of rotatable bonds is 3. The molecule has 2 aliphatic heterocycles. The normalized spacial score (nSPS) is 16.7. The minimum Gasteiger partial charge on any atom is -0.379 e. The van der Waals surface area contributed by atoms with E-state index < -0.39 is 0 Å². The van der Waals surface area contributed by atoms with E-state index in [0.717, 1.165) is 45.8 Å². The fourth-order valence-electron chi connectivity index (χ4n) is 2.90. The molecule has 0 saturated carbocycles. The first-order chi connectivity index (χ1) is 10.7. The molecule has 3 heterocycles. The lowest BCUT2D eigenvalue weighted by molar-refractivity contribution is -0.131. The Hall–Kier alpha value is -2.13. The molecule has 5 nitrogen and oxygen atoms in total. The van der Waals surface area contributed by atoms with Crippen molar-refractivity contribution in [2.75, 3.05) is 18.9 Å². The van der Waals surface area contributed by atoms with Gasteiger partial charge in [-0.25, -0.2) is 0 Å². The van der Waals surface area contributed by atoms with E-state index in [2.05, 4.69) is 16.4 Å². The Morgan fingerprint density at radius 1 is 1.55 bits per heavy atom. The van der Waals surface area contributed by atoms with Crippen molar-refractivity contribution in [3.63, 3.8) is 0 Å². The molecule has 0 spiro atoms. The van der Waals surface area contributed by atoms with Gasteiger partial charge in [0.15, 0.2) is 0 Å². The first kappa shape index (κ1) is 14.8. The molecular formula is C16H18N4OS. The second-order valence-electron chi connectivity index (χ2n) is 5.47. The molecule has 0 aliphatic carbocycles. The number of thiophene rings is 1. The van der Waals surface area contributed by atoms with Crippen molar-refractivity contribution < 1.29 is 4.79 Å². The molecule has 114 valence electrons. The Morgan fingerprint density at radius 3 is 3.09 bits per heavy atom. The van der Waals surface area contributed by atoms with Crippen LogP contribution < -0.4 is 5.32 Å². The summed E-state index contributed by atoms with van der Waals surface area (Å²) in [6, 6.07) is 2.28. The number of aliphatic imine (C=N–C) groups is 1. The Balaban J connectivity index is 1.73. The van der Waals surface area contributed by atoms with Crippen LogP contribution in [0.25, 0.3) is 0 Å². The van der Waals surface area contributed by atoms with E-state index >= 15 is 0 Å². The number of amides is 1. The summed E-state index contributed by atoms with van der Waals surface area (Å²) in [7, 11) is 1.83. The van der Waals surface area contributed by atoms with Crippen molar-refractivity contribution in [3.8, 4) is 6.07 Å². The number of nitriles is 1. The molecule has 0 fully saturated rings. The molecule has 0 unspecified atom stereocenters. The maximum atomic E-state index is 12.5. The molecule has 3 rings (SSSR count). The fourth-order valence-corrected chi connectivity index (χ4v) is 4.07. The standard InChI is InChI=1S/C16H18N4OS/c1-18-16-13(8-17)12-4-6-20(10-14(12)22-16)15(21)7-11-3-2-5-19-9-11/h5,9,18H,2-4,6-7,10H2,1H3. The highest BCUT2D eigenvalue weighted by molar-refractivity contribution is 7.16. The quantitative estimate of drug-likeness (QED) is 0.932. The predicted molar refractivity (Wildman–Crippen MR) is 88.1 cm³/mol. The fraction of sp³-hybridized carbons (Fsp3) is 0.438. The monoisotopic (exact) mass is 314 g/mol. The minimum atomic E-state index is 0.159. The van der Waals surface area contributed by atoms with Gasteiger partial charge in [0.2, 0.25) is 5.91 Å². The summed E-state index contributed by atoms with van der Waals surface area (Å²) < 4.78 is 0. The molecule has 0 aromatic carbocycles. The number of fused-ring (bicyclic) bond motifs is 1. The van der Waals surface area contributed by atoms with Crippen LogP contribution in [0.2, 0.25) is 0 Å². The van der Waals surface area contributed by atoms with Gasteiger partial charge in [-0.2, -0.15) is 5.26 Å². The van der Waals surface area contributed by atoms with Gasteiger partial charge in [0.05, 0.1) is 12.1 Å². The molecule has 0 radical (unpaired) electrons. The van der Waals surface area contributed by atoms with Gasteiger partial charge in [-0.3, -0.25) is 9.79 Å². The van der Waals surface area contributed by atoms with Crippen molar-refractivity contribution in [1.82, 2.24) is 4.90 Å². The molecule has 0 atom stereocenters. The van der Waals surface area contributed by atoms with Gasteiger partial charge >= 0.3 is 0 Å². The zero-order valence-corrected chi connectivity index (χ0v) is 13.4. The second kappa shape index (κ2) is 6.32. The summed E-state index contributed by atoms with van der Waals surface area (Å²) in [5, 5.41) is 13.3. The first-order valence-electron chi connectivity index (χ1n) is 7.42.